The lowest BCUT2D eigenvalue weighted by atomic mass is 10.1. The number of carbonyl (C=O) groups excluding carboxylic acids is 1. The van der Waals surface area contributed by atoms with Gasteiger partial charge in [0.25, 0.3) is 0 Å². The molecule has 1 nitrogen and oxygen atoms in total. The highest BCUT2D eigenvalue weighted by molar-refractivity contribution is 5.82. The molecule has 1 heteroatoms. The molecule has 0 saturated heterocycles. The lowest BCUT2D eigenvalue weighted by molar-refractivity contribution is -0.117. The molecule has 22 heavy (non-hydrogen) atoms. The van der Waals surface area contributed by atoms with Gasteiger partial charge in [-0.1, -0.05) is 84.0 Å². The van der Waals surface area contributed by atoms with Gasteiger partial charge in [0, 0.05) is 12.8 Å². The normalized spacial score (nSPS) is 11.4. The zero-order valence-corrected chi connectivity index (χ0v) is 13.3. The van der Waals surface area contributed by atoms with Crippen molar-refractivity contribution >= 4 is 17.9 Å². The van der Waals surface area contributed by atoms with Crippen molar-refractivity contribution in [2.45, 2.75) is 26.7 Å². The number of benzene rings is 2. The minimum absolute atomic E-state index is 0.228. The van der Waals surface area contributed by atoms with Crippen molar-refractivity contribution in [3.05, 3.63) is 82.9 Å². The van der Waals surface area contributed by atoms with E-state index in [0.717, 1.165) is 11.1 Å². The molecule has 0 unspecified atom stereocenters. The Bertz CT molecular complexity index is 599. The molecule has 2 rings (SSSR count). The Hall–Kier alpha value is -2.41. The summed E-state index contributed by atoms with van der Waals surface area (Å²) in [7, 11) is 0. The third-order valence-corrected chi connectivity index (χ3v) is 3.47. The maximum Gasteiger partial charge on any atom is 0.140 e. The second-order valence-corrected chi connectivity index (χ2v) is 5.57. The fourth-order valence-electron chi connectivity index (χ4n) is 2.09. The summed E-state index contributed by atoms with van der Waals surface area (Å²) in [4.78, 5) is 11.8. The first-order chi connectivity index (χ1) is 10.6. The number of carbonyl (C=O) groups is 1. The largest absolute Gasteiger partial charge is 0.299 e. The minimum Gasteiger partial charge on any atom is -0.299 e. The van der Waals surface area contributed by atoms with Gasteiger partial charge in [0.2, 0.25) is 0 Å². The highest BCUT2D eigenvalue weighted by atomic mass is 16.1. The number of ketones is 1. The average molecular weight is 290 g/mol. The zero-order chi connectivity index (χ0) is 15.8. The fraction of sp³-hybridized carbons (Fsp3) is 0.190. The van der Waals surface area contributed by atoms with Crippen LogP contribution < -0.4 is 0 Å². The summed E-state index contributed by atoms with van der Waals surface area (Å²) in [6.07, 6.45) is 8.83. The van der Waals surface area contributed by atoms with Gasteiger partial charge in [0.1, 0.15) is 5.78 Å². The Morgan fingerprint density at radius 3 is 1.45 bits per heavy atom. The van der Waals surface area contributed by atoms with Crippen LogP contribution in [0.1, 0.15) is 35.1 Å². The van der Waals surface area contributed by atoms with Crippen molar-refractivity contribution in [1.29, 1.82) is 0 Å². The van der Waals surface area contributed by atoms with Gasteiger partial charge in [0.05, 0.1) is 0 Å². The lowest BCUT2D eigenvalue weighted by Crippen LogP contribution is -1.92. The van der Waals surface area contributed by atoms with Crippen molar-refractivity contribution in [3.8, 4) is 0 Å². The summed E-state index contributed by atoms with van der Waals surface area (Å²) in [6, 6.07) is 16.6. The maximum atomic E-state index is 11.8. The van der Waals surface area contributed by atoms with Gasteiger partial charge in [0.15, 0.2) is 0 Å². The lowest BCUT2D eigenvalue weighted by Gasteiger charge is -1.96. The minimum atomic E-state index is 0.228. The first-order valence-corrected chi connectivity index (χ1v) is 7.61. The van der Waals surface area contributed by atoms with Crippen molar-refractivity contribution in [3.63, 3.8) is 0 Å². The SMILES string of the molecule is Cc1ccc(C=CCC(=O)CC=Cc2ccc(C)cc2)cc1. The van der Waals surface area contributed by atoms with Crippen LogP contribution >= 0.6 is 0 Å². The molecule has 0 spiro atoms. The summed E-state index contributed by atoms with van der Waals surface area (Å²) in [6.45, 7) is 4.13. The number of allylic oxidation sites excluding steroid dienone is 2. The highest BCUT2D eigenvalue weighted by Crippen LogP contribution is 2.08. The second kappa shape index (κ2) is 8.14. The molecule has 0 bridgehead atoms. The van der Waals surface area contributed by atoms with Gasteiger partial charge in [-0.15, -0.1) is 0 Å². The van der Waals surface area contributed by atoms with Crippen LogP contribution in [-0.2, 0) is 4.79 Å². The summed E-state index contributed by atoms with van der Waals surface area (Å²) in [5, 5.41) is 0. The number of Topliss-reactive ketones (excluding diaryl/α,β-unsaturated/α-hetero) is 1. The molecule has 0 aliphatic rings. The van der Waals surface area contributed by atoms with E-state index in [1.165, 1.54) is 11.1 Å². The Morgan fingerprint density at radius 1 is 0.727 bits per heavy atom. The van der Waals surface area contributed by atoms with E-state index in [0.29, 0.717) is 12.8 Å². The van der Waals surface area contributed by atoms with Gasteiger partial charge in [-0.25, -0.2) is 0 Å². The molecule has 0 aliphatic carbocycles. The van der Waals surface area contributed by atoms with E-state index in [9.17, 15) is 4.79 Å². The molecule has 2 aromatic rings. The maximum absolute atomic E-state index is 11.8. The van der Waals surface area contributed by atoms with Crippen LogP contribution in [0.15, 0.2) is 60.7 Å². The molecule has 0 amide bonds. The third kappa shape index (κ3) is 5.53. The average Bonchev–Trinajstić information content (AvgIpc) is 2.51. The monoisotopic (exact) mass is 290 g/mol. The number of hydrogen-bond acceptors (Lipinski definition) is 1. The quantitative estimate of drug-likeness (QED) is 0.698. The molecule has 0 N–H and O–H groups in total. The van der Waals surface area contributed by atoms with Gasteiger partial charge in [-0.3, -0.25) is 4.79 Å². The molecule has 2 aromatic carbocycles. The standard InChI is InChI=1S/C21H22O/c1-17-9-13-19(14-10-17)5-3-7-21(22)8-4-6-20-15-11-18(2)12-16-20/h3-6,9-16H,7-8H2,1-2H3. The summed E-state index contributed by atoms with van der Waals surface area (Å²) < 4.78 is 0. The van der Waals surface area contributed by atoms with Crippen molar-refractivity contribution < 1.29 is 4.79 Å². The van der Waals surface area contributed by atoms with E-state index < -0.39 is 0 Å². The van der Waals surface area contributed by atoms with E-state index in [-0.39, 0.29) is 5.78 Å². The summed E-state index contributed by atoms with van der Waals surface area (Å²) >= 11 is 0. The molecular weight excluding hydrogens is 268 g/mol. The van der Waals surface area contributed by atoms with E-state index in [2.05, 4.69) is 62.4 Å². The van der Waals surface area contributed by atoms with Crippen LogP contribution in [0, 0.1) is 13.8 Å². The summed E-state index contributed by atoms with van der Waals surface area (Å²) in [5.41, 5.74) is 4.76. The van der Waals surface area contributed by atoms with E-state index in [1.54, 1.807) is 0 Å². The molecule has 112 valence electrons. The molecule has 0 aliphatic heterocycles. The molecule has 0 saturated carbocycles. The van der Waals surface area contributed by atoms with Crippen molar-refractivity contribution in [2.24, 2.45) is 0 Å². The molecule has 0 atom stereocenters. The van der Waals surface area contributed by atoms with E-state index in [4.69, 9.17) is 0 Å². The van der Waals surface area contributed by atoms with Crippen LogP contribution in [0.25, 0.3) is 12.2 Å². The topological polar surface area (TPSA) is 17.1 Å². The molecule has 0 radical (unpaired) electrons. The zero-order valence-electron chi connectivity index (χ0n) is 13.3. The predicted molar refractivity (Wildman–Crippen MR) is 94.7 cm³/mol. The van der Waals surface area contributed by atoms with E-state index >= 15 is 0 Å². The van der Waals surface area contributed by atoms with Crippen LogP contribution in [0.5, 0.6) is 0 Å². The van der Waals surface area contributed by atoms with Gasteiger partial charge < -0.3 is 0 Å². The predicted octanol–water partition coefficient (Wildman–Crippen LogP) is 5.38. The number of rotatable bonds is 6. The Kier molecular flexibility index (Phi) is 5.91. The molecule has 0 heterocycles. The third-order valence-electron chi connectivity index (χ3n) is 3.47. The summed E-state index contributed by atoms with van der Waals surface area (Å²) in [5.74, 6) is 0.228. The Morgan fingerprint density at radius 2 is 1.09 bits per heavy atom. The van der Waals surface area contributed by atoms with Crippen LogP contribution in [0.2, 0.25) is 0 Å². The van der Waals surface area contributed by atoms with Crippen LogP contribution in [0.3, 0.4) is 0 Å². The smallest absolute Gasteiger partial charge is 0.140 e. The van der Waals surface area contributed by atoms with Gasteiger partial charge >= 0.3 is 0 Å². The van der Waals surface area contributed by atoms with Crippen LogP contribution in [-0.4, -0.2) is 5.78 Å². The Balaban J connectivity index is 1.78. The number of hydrogen-bond donors (Lipinski definition) is 0. The fourth-order valence-corrected chi connectivity index (χ4v) is 2.09. The van der Waals surface area contributed by atoms with Gasteiger partial charge in [-0.05, 0) is 25.0 Å². The first kappa shape index (κ1) is 16.0. The van der Waals surface area contributed by atoms with Crippen LogP contribution in [0.4, 0.5) is 0 Å². The molecule has 0 aromatic heterocycles. The molecular formula is C21H22O. The van der Waals surface area contributed by atoms with Crippen molar-refractivity contribution in [1.82, 2.24) is 0 Å². The molecule has 0 fully saturated rings. The van der Waals surface area contributed by atoms with Gasteiger partial charge in [-0.2, -0.15) is 0 Å². The van der Waals surface area contributed by atoms with Crippen molar-refractivity contribution in [2.75, 3.05) is 0 Å². The first-order valence-electron chi connectivity index (χ1n) is 7.61. The number of aryl methyl sites for hydroxylation is 2. The Labute approximate surface area is 133 Å². The second-order valence-electron chi connectivity index (χ2n) is 5.57. The highest BCUT2D eigenvalue weighted by Gasteiger charge is 1.96. The van der Waals surface area contributed by atoms with E-state index in [1.807, 2.05) is 24.3 Å².